The summed E-state index contributed by atoms with van der Waals surface area (Å²) >= 11 is 0. The molecule has 0 saturated carbocycles. The molecule has 0 aromatic heterocycles. The molecule has 3 nitrogen and oxygen atoms in total. The molecule has 0 atom stereocenters. The molecule has 0 radical (unpaired) electrons. The highest BCUT2D eigenvalue weighted by molar-refractivity contribution is 5.97. The maximum absolute atomic E-state index is 11.8. The Bertz CT molecular complexity index is 354. The molecule has 4 heteroatoms. The van der Waals surface area contributed by atoms with Gasteiger partial charge < -0.3 is 11.1 Å². The topological polar surface area (TPSA) is 55.1 Å². The number of nitrogens with two attached hydrogens (primary N) is 1. The summed E-state index contributed by atoms with van der Waals surface area (Å²) in [5.74, 6) is -0.0320. The largest absolute Gasteiger partial charge is 0.351 e. The minimum Gasteiger partial charge on any atom is -0.351 e. The quantitative estimate of drug-likeness (QED) is 0.848. The average Bonchev–Trinajstić information content (AvgIpc) is 2.12. The highest BCUT2D eigenvalue weighted by atomic mass is 35.5. The summed E-state index contributed by atoms with van der Waals surface area (Å²) < 4.78 is 0. The van der Waals surface area contributed by atoms with Gasteiger partial charge in [-0.15, -0.1) is 12.4 Å². The van der Waals surface area contributed by atoms with Gasteiger partial charge in [0.1, 0.15) is 0 Å². The van der Waals surface area contributed by atoms with Crippen molar-refractivity contribution in [2.45, 2.75) is 20.8 Å². The number of hydrogen-bond donors (Lipinski definition) is 2. The van der Waals surface area contributed by atoms with Crippen molar-refractivity contribution in [2.24, 2.45) is 5.73 Å². The third-order valence-electron chi connectivity index (χ3n) is 2.33. The Morgan fingerprint density at radius 2 is 1.75 bits per heavy atom. The number of rotatable bonds is 3. The molecule has 0 heterocycles. The maximum Gasteiger partial charge on any atom is 0.251 e. The normalized spacial score (nSPS) is 9.50. The molecule has 0 aliphatic carbocycles. The van der Waals surface area contributed by atoms with Crippen molar-refractivity contribution in [3.05, 3.63) is 34.4 Å². The van der Waals surface area contributed by atoms with Crippen LogP contribution in [0.5, 0.6) is 0 Å². The van der Waals surface area contributed by atoms with E-state index < -0.39 is 0 Å². The SMILES string of the molecule is Cc1cc(C)c(C(=O)NCCN)c(C)c1.Cl. The number of amides is 1. The number of aryl methyl sites for hydroxylation is 3. The van der Waals surface area contributed by atoms with Crippen molar-refractivity contribution in [1.29, 1.82) is 0 Å². The van der Waals surface area contributed by atoms with Gasteiger partial charge in [-0.1, -0.05) is 17.7 Å². The predicted octanol–water partition coefficient (Wildman–Crippen LogP) is 1.72. The van der Waals surface area contributed by atoms with Crippen molar-refractivity contribution < 1.29 is 4.79 Å². The molecule has 0 aliphatic rings. The van der Waals surface area contributed by atoms with E-state index >= 15 is 0 Å². The monoisotopic (exact) mass is 242 g/mol. The van der Waals surface area contributed by atoms with Crippen LogP contribution in [-0.2, 0) is 0 Å². The lowest BCUT2D eigenvalue weighted by molar-refractivity contribution is 0.0953. The Hall–Kier alpha value is -1.06. The molecule has 16 heavy (non-hydrogen) atoms. The Labute approximate surface area is 103 Å². The van der Waals surface area contributed by atoms with Gasteiger partial charge >= 0.3 is 0 Å². The highest BCUT2D eigenvalue weighted by Gasteiger charge is 2.11. The molecule has 0 saturated heterocycles. The predicted molar refractivity (Wildman–Crippen MR) is 69.3 cm³/mol. The minimum atomic E-state index is -0.0320. The molecule has 3 N–H and O–H groups in total. The van der Waals surface area contributed by atoms with Crippen molar-refractivity contribution >= 4 is 18.3 Å². The van der Waals surface area contributed by atoms with E-state index in [-0.39, 0.29) is 18.3 Å². The molecule has 0 bridgehead atoms. The van der Waals surface area contributed by atoms with E-state index in [9.17, 15) is 4.79 Å². The number of hydrogen-bond acceptors (Lipinski definition) is 2. The van der Waals surface area contributed by atoms with E-state index in [4.69, 9.17) is 5.73 Å². The number of benzene rings is 1. The fourth-order valence-electron chi connectivity index (χ4n) is 1.81. The number of carbonyl (C=O) groups excluding carboxylic acids is 1. The van der Waals surface area contributed by atoms with Crippen molar-refractivity contribution in [3.63, 3.8) is 0 Å². The van der Waals surface area contributed by atoms with E-state index in [1.807, 2.05) is 32.9 Å². The summed E-state index contributed by atoms with van der Waals surface area (Å²) in [6, 6.07) is 4.04. The lowest BCUT2D eigenvalue weighted by Gasteiger charge is -2.11. The van der Waals surface area contributed by atoms with Gasteiger partial charge in [0.05, 0.1) is 0 Å². The van der Waals surface area contributed by atoms with Crippen LogP contribution >= 0.6 is 12.4 Å². The number of halogens is 1. The molecule has 1 aromatic carbocycles. The zero-order chi connectivity index (χ0) is 11.4. The molecule has 0 aliphatic heterocycles. The van der Waals surface area contributed by atoms with Crippen molar-refractivity contribution in [3.8, 4) is 0 Å². The molecular weight excluding hydrogens is 224 g/mol. The van der Waals surface area contributed by atoms with Crippen LogP contribution in [-0.4, -0.2) is 19.0 Å². The summed E-state index contributed by atoms with van der Waals surface area (Å²) in [5.41, 5.74) is 9.33. The summed E-state index contributed by atoms with van der Waals surface area (Å²) in [6.45, 7) is 6.93. The van der Waals surface area contributed by atoms with Crippen LogP contribution in [0.15, 0.2) is 12.1 Å². The zero-order valence-corrected chi connectivity index (χ0v) is 10.8. The highest BCUT2D eigenvalue weighted by Crippen LogP contribution is 2.15. The number of nitrogens with one attached hydrogen (secondary N) is 1. The van der Waals surface area contributed by atoms with E-state index in [1.165, 1.54) is 5.56 Å². The molecule has 0 spiro atoms. The first-order valence-electron chi connectivity index (χ1n) is 5.12. The molecule has 1 aromatic rings. The van der Waals surface area contributed by atoms with Gasteiger partial charge in [-0.2, -0.15) is 0 Å². The Balaban J connectivity index is 0.00000225. The zero-order valence-electron chi connectivity index (χ0n) is 9.96. The van der Waals surface area contributed by atoms with E-state index in [2.05, 4.69) is 5.32 Å². The van der Waals surface area contributed by atoms with Crippen LogP contribution in [0.4, 0.5) is 0 Å². The smallest absolute Gasteiger partial charge is 0.251 e. The Kier molecular flexibility index (Phi) is 6.08. The average molecular weight is 243 g/mol. The van der Waals surface area contributed by atoms with Gasteiger partial charge in [-0.05, 0) is 31.9 Å². The van der Waals surface area contributed by atoms with E-state index in [0.717, 1.165) is 16.7 Å². The first-order chi connectivity index (χ1) is 7.06. The second-order valence-corrected chi connectivity index (χ2v) is 3.82. The fourth-order valence-corrected chi connectivity index (χ4v) is 1.81. The van der Waals surface area contributed by atoms with Crippen molar-refractivity contribution in [2.75, 3.05) is 13.1 Å². The lowest BCUT2D eigenvalue weighted by Crippen LogP contribution is -2.30. The van der Waals surface area contributed by atoms with Crippen LogP contribution < -0.4 is 11.1 Å². The summed E-state index contributed by atoms with van der Waals surface area (Å²) in [7, 11) is 0. The summed E-state index contributed by atoms with van der Waals surface area (Å²) in [6.07, 6.45) is 0. The molecule has 0 unspecified atom stereocenters. The van der Waals surface area contributed by atoms with Crippen LogP contribution in [0.25, 0.3) is 0 Å². The van der Waals surface area contributed by atoms with Gasteiger partial charge in [0, 0.05) is 18.7 Å². The third-order valence-corrected chi connectivity index (χ3v) is 2.33. The van der Waals surface area contributed by atoms with Gasteiger partial charge in [0.15, 0.2) is 0 Å². The van der Waals surface area contributed by atoms with E-state index in [1.54, 1.807) is 0 Å². The molecule has 0 fully saturated rings. The first kappa shape index (κ1) is 14.9. The summed E-state index contributed by atoms with van der Waals surface area (Å²) in [4.78, 5) is 11.8. The van der Waals surface area contributed by atoms with Crippen molar-refractivity contribution in [1.82, 2.24) is 5.32 Å². The number of carbonyl (C=O) groups is 1. The molecule has 1 rings (SSSR count). The Morgan fingerprint density at radius 1 is 1.25 bits per heavy atom. The third kappa shape index (κ3) is 3.51. The lowest BCUT2D eigenvalue weighted by atomic mass is 9.99. The second-order valence-electron chi connectivity index (χ2n) is 3.82. The standard InChI is InChI=1S/C12H18N2O.ClH/c1-8-6-9(2)11(10(3)7-8)12(15)14-5-4-13;/h6-7H,4-5,13H2,1-3H3,(H,14,15);1H. The van der Waals surface area contributed by atoms with Crippen LogP contribution in [0.2, 0.25) is 0 Å². The van der Waals surface area contributed by atoms with Gasteiger partial charge in [0.2, 0.25) is 0 Å². The van der Waals surface area contributed by atoms with Gasteiger partial charge in [0.25, 0.3) is 5.91 Å². The fraction of sp³-hybridized carbons (Fsp3) is 0.417. The Morgan fingerprint density at radius 3 is 2.19 bits per heavy atom. The van der Waals surface area contributed by atoms with Crippen LogP contribution in [0.3, 0.4) is 0 Å². The minimum absolute atomic E-state index is 0. The second kappa shape index (κ2) is 6.51. The molecule has 1 amide bonds. The molecular formula is C12H19ClN2O. The van der Waals surface area contributed by atoms with Gasteiger partial charge in [-0.3, -0.25) is 4.79 Å². The van der Waals surface area contributed by atoms with Gasteiger partial charge in [-0.25, -0.2) is 0 Å². The molecule has 90 valence electrons. The van der Waals surface area contributed by atoms with E-state index in [0.29, 0.717) is 13.1 Å². The first-order valence-corrected chi connectivity index (χ1v) is 5.12. The maximum atomic E-state index is 11.8. The summed E-state index contributed by atoms with van der Waals surface area (Å²) in [5, 5.41) is 2.79. The van der Waals surface area contributed by atoms with Crippen LogP contribution in [0.1, 0.15) is 27.0 Å². The van der Waals surface area contributed by atoms with Crippen LogP contribution in [0, 0.1) is 20.8 Å².